The highest BCUT2D eigenvalue weighted by Gasteiger charge is 2.25. The molecule has 2 fully saturated rings. The molecule has 1 aliphatic heterocycles. The van der Waals surface area contributed by atoms with E-state index in [9.17, 15) is 4.79 Å². The van der Waals surface area contributed by atoms with Crippen LogP contribution in [0.4, 0.5) is 11.4 Å². The first-order valence-corrected chi connectivity index (χ1v) is 8.09. The van der Waals surface area contributed by atoms with Crippen molar-refractivity contribution in [1.29, 1.82) is 0 Å². The van der Waals surface area contributed by atoms with Gasteiger partial charge in [0.1, 0.15) is 0 Å². The second-order valence-electron chi connectivity index (χ2n) is 6.25. The smallest absolute Gasteiger partial charge is 0.228 e. The summed E-state index contributed by atoms with van der Waals surface area (Å²) in [5, 5.41) is 6.39. The summed E-state index contributed by atoms with van der Waals surface area (Å²) in [6, 6.07) is 8.78. The number of hydrogen-bond acceptors (Lipinski definition) is 3. The highest BCUT2D eigenvalue weighted by Crippen LogP contribution is 2.32. The number of rotatable bonds is 4. The Morgan fingerprint density at radius 3 is 2.52 bits per heavy atom. The molecular weight excluding hydrogens is 333 g/mol. The van der Waals surface area contributed by atoms with Crippen molar-refractivity contribution in [3.05, 3.63) is 24.3 Å². The molecule has 0 bridgehead atoms. The maximum absolute atomic E-state index is 12.3. The summed E-state index contributed by atoms with van der Waals surface area (Å²) >= 11 is 0. The molecule has 0 aromatic heterocycles. The van der Waals surface area contributed by atoms with Gasteiger partial charge < -0.3 is 15.5 Å². The third kappa shape index (κ3) is 4.75. The lowest BCUT2D eigenvalue weighted by Gasteiger charge is -2.29. The minimum atomic E-state index is 0. The van der Waals surface area contributed by atoms with Crippen molar-refractivity contribution >= 4 is 42.1 Å². The average Bonchev–Trinajstić information content (AvgIpc) is 3.20. The fraction of sp³-hybridized carbons (Fsp3) is 0.588. The maximum atomic E-state index is 12.3. The highest BCUT2D eigenvalue weighted by atomic mass is 35.5. The number of benzene rings is 1. The van der Waals surface area contributed by atoms with Crippen molar-refractivity contribution in [2.75, 3.05) is 30.4 Å². The van der Waals surface area contributed by atoms with Crippen LogP contribution in [0.25, 0.3) is 0 Å². The van der Waals surface area contributed by atoms with Crippen LogP contribution in [0.15, 0.2) is 24.3 Å². The fourth-order valence-electron chi connectivity index (χ4n) is 3.49. The largest absolute Gasteiger partial charge is 0.370 e. The standard InChI is InChI=1S/C17H25N3O.2ClH/c1-20(14-6-2-3-7-14)16-9-5-4-8-15(16)19-17(21)13-10-11-18-12-13;;/h4-5,8-9,13-14,18H,2-3,6-7,10-12H2,1H3,(H,19,21);2*1H. The molecule has 1 heterocycles. The first kappa shape index (κ1) is 20.1. The van der Waals surface area contributed by atoms with Gasteiger partial charge in [0.05, 0.1) is 17.3 Å². The zero-order chi connectivity index (χ0) is 14.7. The lowest BCUT2D eigenvalue weighted by molar-refractivity contribution is -0.119. The number of hydrogen-bond donors (Lipinski definition) is 2. The molecule has 1 aromatic rings. The van der Waals surface area contributed by atoms with Crippen molar-refractivity contribution in [3.63, 3.8) is 0 Å². The van der Waals surface area contributed by atoms with E-state index in [2.05, 4.69) is 28.6 Å². The van der Waals surface area contributed by atoms with Gasteiger partial charge in [0.2, 0.25) is 5.91 Å². The van der Waals surface area contributed by atoms with Gasteiger partial charge in [-0.1, -0.05) is 25.0 Å². The van der Waals surface area contributed by atoms with Crippen LogP contribution in [-0.2, 0) is 4.79 Å². The van der Waals surface area contributed by atoms with E-state index in [-0.39, 0.29) is 36.6 Å². The van der Waals surface area contributed by atoms with Gasteiger partial charge in [0, 0.05) is 19.6 Å². The van der Waals surface area contributed by atoms with E-state index in [1.165, 1.54) is 25.7 Å². The molecule has 2 N–H and O–H groups in total. The number of nitrogens with one attached hydrogen (secondary N) is 2. The third-order valence-corrected chi connectivity index (χ3v) is 4.85. The number of carbonyl (C=O) groups excluding carboxylic acids is 1. The van der Waals surface area contributed by atoms with E-state index in [4.69, 9.17) is 0 Å². The number of halogens is 2. The summed E-state index contributed by atoms with van der Waals surface area (Å²) in [4.78, 5) is 14.7. The number of carbonyl (C=O) groups is 1. The van der Waals surface area contributed by atoms with Gasteiger partial charge in [-0.25, -0.2) is 0 Å². The van der Waals surface area contributed by atoms with Crippen LogP contribution in [0.2, 0.25) is 0 Å². The summed E-state index contributed by atoms with van der Waals surface area (Å²) in [6.07, 6.45) is 6.08. The summed E-state index contributed by atoms with van der Waals surface area (Å²) in [5.41, 5.74) is 2.09. The van der Waals surface area contributed by atoms with Gasteiger partial charge in [-0.3, -0.25) is 4.79 Å². The lowest BCUT2D eigenvalue weighted by atomic mass is 10.1. The Hall–Kier alpha value is -0.970. The van der Waals surface area contributed by atoms with E-state index in [0.717, 1.165) is 30.9 Å². The molecule has 1 saturated carbocycles. The van der Waals surface area contributed by atoms with Crippen molar-refractivity contribution in [3.8, 4) is 0 Å². The molecule has 0 radical (unpaired) electrons. The van der Waals surface area contributed by atoms with Crippen LogP contribution >= 0.6 is 24.8 Å². The quantitative estimate of drug-likeness (QED) is 0.864. The molecule has 4 nitrogen and oxygen atoms in total. The van der Waals surface area contributed by atoms with Gasteiger partial charge in [-0.05, 0) is 37.9 Å². The molecule has 1 saturated heterocycles. The Bertz CT molecular complexity index is 500. The summed E-state index contributed by atoms with van der Waals surface area (Å²) in [5.74, 6) is 0.252. The molecular formula is C17H27Cl2N3O. The summed E-state index contributed by atoms with van der Waals surface area (Å²) < 4.78 is 0. The SMILES string of the molecule is CN(c1ccccc1NC(=O)C1CCNC1)C1CCCC1.Cl.Cl. The van der Waals surface area contributed by atoms with Gasteiger partial charge in [0.25, 0.3) is 0 Å². The van der Waals surface area contributed by atoms with Crippen LogP contribution < -0.4 is 15.5 Å². The van der Waals surface area contributed by atoms with Gasteiger partial charge in [-0.2, -0.15) is 0 Å². The minimum Gasteiger partial charge on any atom is -0.370 e. The number of para-hydroxylation sites is 2. The zero-order valence-electron chi connectivity index (χ0n) is 13.6. The molecule has 0 spiro atoms. The number of amides is 1. The lowest BCUT2D eigenvalue weighted by Crippen LogP contribution is -2.31. The maximum Gasteiger partial charge on any atom is 0.228 e. The Morgan fingerprint density at radius 1 is 1.17 bits per heavy atom. The van der Waals surface area contributed by atoms with Crippen molar-refractivity contribution in [1.82, 2.24) is 5.32 Å². The van der Waals surface area contributed by atoms with Crippen LogP contribution in [-0.4, -0.2) is 32.1 Å². The summed E-state index contributed by atoms with van der Waals surface area (Å²) in [7, 11) is 2.15. The average molecular weight is 360 g/mol. The number of anilines is 2. The van der Waals surface area contributed by atoms with Crippen LogP contribution in [0, 0.1) is 5.92 Å². The predicted molar refractivity (Wildman–Crippen MR) is 101 cm³/mol. The van der Waals surface area contributed by atoms with Crippen LogP contribution in [0.5, 0.6) is 0 Å². The van der Waals surface area contributed by atoms with Crippen molar-refractivity contribution in [2.45, 2.75) is 38.1 Å². The molecule has 130 valence electrons. The van der Waals surface area contributed by atoms with Gasteiger partial charge in [0.15, 0.2) is 0 Å². The van der Waals surface area contributed by atoms with Crippen molar-refractivity contribution in [2.24, 2.45) is 5.92 Å². The Labute approximate surface area is 151 Å². The molecule has 1 amide bonds. The van der Waals surface area contributed by atoms with Gasteiger partial charge >= 0.3 is 0 Å². The summed E-state index contributed by atoms with van der Waals surface area (Å²) in [6.45, 7) is 1.74. The minimum absolute atomic E-state index is 0. The fourth-order valence-corrected chi connectivity index (χ4v) is 3.49. The van der Waals surface area contributed by atoms with E-state index >= 15 is 0 Å². The van der Waals surface area contributed by atoms with Gasteiger partial charge in [-0.15, -0.1) is 24.8 Å². The first-order chi connectivity index (χ1) is 10.3. The van der Waals surface area contributed by atoms with Crippen LogP contribution in [0.1, 0.15) is 32.1 Å². The molecule has 3 rings (SSSR count). The van der Waals surface area contributed by atoms with E-state index in [1.807, 2.05) is 18.2 Å². The monoisotopic (exact) mass is 359 g/mol. The molecule has 1 aliphatic carbocycles. The van der Waals surface area contributed by atoms with E-state index in [0.29, 0.717) is 6.04 Å². The van der Waals surface area contributed by atoms with Crippen LogP contribution in [0.3, 0.4) is 0 Å². The molecule has 1 unspecified atom stereocenters. The van der Waals surface area contributed by atoms with Crippen molar-refractivity contribution < 1.29 is 4.79 Å². The Balaban J connectivity index is 0.00000132. The zero-order valence-corrected chi connectivity index (χ0v) is 15.2. The Morgan fingerprint density at radius 2 is 1.87 bits per heavy atom. The molecule has 23 heavy (non-hydrogen) atoms. The Kier molecular flexibility index (Phi) is 8.17. The second kappa shape index (κ2) is 9.36. The topological polar surface area (TPSA) is 44.4 Å². The molecule has 2 aliphatic rings. The molecule has 1 atom stereocenters. The number of nitrogens with zero attached hydrogens (tertiary/aromatic N) is 1. The first-order valence-electron chi connectivity index (χ1n) is 8.09. The molecule has 6 heteroatoms. The van der Waals surface area contributed by atoms with E-state index < -0.39 is 0 Å². The molecule has 1 aromatic carbocycles. The second-order valence-corrected chi connectivity index (χ2v) is 6.25. The third-order valence-electron chi connectivity index (χ3n) is 4.85. The normalized spacial score (nSPS) is 20.5. The predicted octanol–water partition coefficient (Wildman–Crippen LogP) is 3.46. The highest BCUT2D eigenvalue weighted by molar-refractivity contribution is 5.96. The van der Waals surface area contributed by atoms with E-state index in [1.54, 1.807) is 0 Å².